The summed E-state index contributed by atoms with van der Waals surface area (Å²) in [7, 11) is 0. The predicted octanol–water partition coefficient (Wildman–Crippen LogP) is 4.50. The third-order valence-corrected chi connectivity index (χ3v) is 3.48. The first-order chi connectivity index (χ1) is 8.15. The van der Waals surface area contributed by atoms with Crippen LogP contribution in [-0.2, 0) is 6.61 Å². The van der Waals surface area contributed by atoms with E-state index in [0.717, 1.165) is 11.4 Å². The summed E-state index contributed by atoms with van der Waals surface area (Å²) in [5.41, 5.74) is 2.18. The molecule has 0 amide bonds. The summed E-state index contributed by atoms with van der Waals surface area (Å²) in [6.45, 7) is 4.81. The molecule has 90 valence electrons. The fourth-order valence-corrected chi connectivity index (χ4v) is 2.22. The van der Waals surface area contributed by atoms with Gasteiger partial charge in [0.25, 0.3) is 0 Å². The third kappa shape index (κ3) is 3.45. The fourth-order valence-electron chi connectivity index (χ4n) is 1.45. The van der Waals surface area contributed by atoms with Crippen LogP contribution < -0.4 is 4.74 Å². The molecule has 0 aliphatic rings. The molecular weight excluding hydrogens is 254 g/mol. The van der Waals surface area contributed by atoms with E-state index >= 15 is 0 Å². The summed E-state index contributed by atoms with van der Waals surface area (Å²) in [5.74, 6) is 1.40. The molecule has 0 saturated carbocycles. The molecule has 0 bridgehead atoms. The highest BCUT2D eigenvalue weighted by molar-refractivity contribution is 7.13. The Morgan fingerprint density at radius 2 is 2.00 bits per heavy atom. The van der Waals surface area contributed by atoms with Crippen LogP contribution in [0.3, 0.4) is 0 Å². The van der Waals surface area contributed by atoms with E-state index in [1.54, 1.807) is 0 Å². The molecule has 4 heteroatoms. The molecule has 0 radical (unpaired) electrons. The first-order valence-corrected chi connectivity index (χ1v) is 6.73. The molecule has 0 fully saturated rings. The Bertz CT molecular complexity index is 478. The summed E-state index contributed by atoms with van der Waals surface area (Å²) in [6.07, 6.45) is 0. The van der Waals surface area contributed by atoms with Crippen molar-refractivity contribution in [2.45, 2.75) is 26.4 Å². The molecule has 0 unspecified atom stereocenters. The van der Waals surface area contributed by atoms with Crippen molar-refractivity contribution in [2.75, 3.05) is 0 Å². The van der Waals surface area contributed by atoms with Crippen molar-refractivity contribution in [3.05, 3.63) is 45.4 Å². The Morgan fingerprint density at radius 1 is 1.29 bits per heavy atom. The van der Waals surface area contributed by atoms with Gasteiger partial charge in [-0.25, -0.2) is 4.98 Å². The quantitative estimate of drug-likeness (QED) is 0.814. The van der Waals surface area contributed by atoms with E-state index in [9.17, 15) is 0 Å². The van der Waals surface area contributed by atoms with Gasteiger partial charge < -0.3 is 4.74 Å². The average molecular weight is 268 g/mol. The Labute approximate surface area is 110 Å². The number of halogens is 1. The molecule has 0 aliphatic carbocycles. The molecular formula is C13H14ClNOS. The second-order valence-corrected chi connectivity index (χ2v) is 5.54. The second-order valence-electron chi connectivity index (χ2n) is 4.10. The standard InChI is InChI=1S/C13H14ClNOS/c1-9(2)10-3-5-12(6-4-10)16-7-11-8-17-13(14)15-11/h3-6,8-9H,7H2,1-2H3. The van der Waals surface area contributed by atoms with Crippen LogP contribution in [-0.4, -0.2) is 4.98 Å². The zero-order chi connectivity index (χ0) is 12.3. The molecule has 1 aromatic heterocycles. The topological polar surface area (TPSA) is 22.1 Å². The number of thiazole rings is 1. The molecule has 0 N–H and O–H groups in total. The molecule has 17 heavy (non-hydrogen) atoms. The SMILES string of the molecule is CC(C)c1ccc(OCc2csc(Cl)n2)cc1. The van der Waals surface area contributed by atoms with E-state index in [-0.39, 0.29) is 0 Å². The maximum Gasteiger partial charge on any atom is 0.183 e. The average Bonchev–Trinajstić information content (AvgIpc) is 2.73. The van der Waals surface area contributed by atoms with Gasteiger partial charge in [0.1, 0.15) is 12.4 Å². The molecule has 0 atom stereocenters. The predicted molar refractivity (Wildman–Crippen MR) is 72.0 cm³/mol. The van der Waals surface area contributed by atoms with E-state index in [4.69, 9.17) is 16.3 Å². The molecule has 1 aromatic carbocycles. The zero-order valence-electron chi connectivity index (χ0n) is 9.81. The number of nitrogens with zero attached hydrogens (tertiary/aromatic N) is 1. The van der Waals surface area contributed by atoms with Gasteiger partial charge in [-0.15, -0.1) is 11.3 Å². The molecule has 2 rings (SSSR count). The Balaban J connectivity index is 1.95. The Morgan fingerprint density at radius 3 is 2.53 bits per heavy atom. The fraction of sp³-hybridized carbons (Fsp3) is 0.308. The highest BCUT2D eigenvalue weighted by Crippen LogP contribution is 2.20. The molecule has 0 spiro atoms. The van der Waals surface area contributed by atoms with Gasteiger partial charge >= 0.3 is 0 Å². The smallest absolute Gasteiger partial charge is 0.183 e. The number of aromatic nitrogens is 1. The first kappa shape index (κ1) is 12.4. The van der Waals surface area contributed by atoms with Gasteiger partial charge in [0.2, 0.25) is 0 Å². The van der Waals surface area contributed by atoms with E-state index in [0.29, 0.717) is 17.0 Å². The van der Waals surface area contributed by atoms with Crippen LogP contribution in [0.4, 0.5) is 0 Å². The van der Waals surface area contributed by atoms with Crippen LogP contribution in [0, 0.1) is 0 Å². The van der Waals surface area contributed by atoms with Crippen molar-refractivity contribution in [1.82, 2.24) is 4.98 Å². The van der Waals surface area contributed by atoms with Crippen LogP contribution in [0.15, 0.2) is 29.6 Å². The lowest BCUT2D eigenvalue weighted by atomic mass is 10.0. The lowest BCUT2D eigenvalue weighted by Crippen LogP contribution is -1.96. The van der Waals surface area contributed by atoms with E-state index < -0.39 is 0 Å². The lowest BCUT2D eigenvalue weighted by molar-refractivity contribution is 0.302. The Kier molecular flexibility index (Phi) is 4.02. The van der Waals surface area contributed by atoms with E-state index in [1.165, 1.54) is 16.9 Å². The summed E-state index contributed by atoms with van der Waals surface area (Å²) < 4.78 is 6.18. The molecule has 1 heterocycles. The van der Waals surface area contributed by atoms with Gasteiger partial charge in [-0.05, 0) is 23.6 Å². The monoisotopic (exact) mass is 267 g/mol. The minimum atomic E-state index is 0.463. The van der Waals surface area contributed by atoms with Crippen LogP contribution in [0.1, 0.15) is 31.0 Å². The van der Waals surface area contributed by atoms with Crippen molar-refractivity contribution in [3.63, 3.8) is 0 Å². The molecule has 0 aliphatic heterocycles. The van der Waals surface area contributed by atoms with Crippen molar-refractivity contribution < 1.29 is 4.74 Å². The van der Waals surface area contributed by atoms with E-state index in [2.05, 4.69) is 31.0 Å². The maximum atomic E-state index is 5.75. The molecule has 0 saturated heterocycles. The van der Waals surface area contributed by atoms with Crippen molar-refractivity contribution in [3.8, 4) is 5.75 Å². The minimum Gasteiger partial charge on any atom is -0.487 e. The highest BCUT2D eigenvalue weighted by atomic mass is 35.5. The second kappa shape index (κ2) is 5.52. The van der Waals surface area contributed by atoms with Gasteiger partial charge in [-0.2, -0.15) is 0 Å². The van der Waals surface area contributed by atoms with Gasteiger partial charge in [0.05, 0.1) is 5.69 Å². The van der Waals surface area contributed by atoms with Gasteiger partial charge in [0, 0.05) is 5.38 Å². The number of hydrogen-bond donors (Lipinski definition) is 0. The number of ether oxygens (including phenoxy) is 1. The largest absolute Gasteiger partial charge is 0.487 e. The van der Waals surface area contributed by atoms with Crippen LogP contribution in [0.5, 0.6) is 5.75 Å². The number of hydrogen-bond acceptors (Lipinski definition) is 3. The summed E-state index contributed by atoms with van der Waals surface area (Å²) >= 11 is 7.17. The van der Waals surface area contributed by atoms with E-state index in [1.807, 2.05) is 17.5 Å². The van der Waals surface area contributed by atoms with Gasteiger partial charge in [-0.1, -0.05) is 37.6 Å². The van der Waals surface area contributed by atoms with Crippen LogP contribution >= 0.6 is 22.9 Å². The normalized spacial score (nSPS) is 10.8. The first-order valence-electron chi connectivity index (χ1n) is 5.48. The highest BCUT2D eigenvalue weighted by Gasteiger charge is 2.02. The molecule has 2 aromatic rings. The van der Waals surface area contributed by atoms with Crippen molar-refractivity contribution in [1.29, 1.82) is 0 Å². The van der Waals surface area contributed by atoms with Crippen molar-refractivity contribution in [2.24, 2.45) is 0 Å². The summed E-state index contributed by atoms with van der Waals surface area (Å²) in [6, 6.07) is 8.16. The Hall–Kier alpha value is -1.06. The van der Waals surface area contributed by atoms with Crippen LogP contribution in [0.2, 0.25) is 4.47 Å². The lowest BCUT2D eigenvalue weighted by Gasteiger charge is -2.07. The summed E-state index contributed by atoms with van der Waals surface area (Å²) in [5, 5.41) is 1.91. The van der Waals surface area contributed by atoms with Crippen molar-refractivity contribution >= 4 is 22.9 Å². The minimum absolute atomic E-state index is 0.463. The molecule has 2 nitrogen and oxygen atoms in total. The number of rotatable bonds is 4. The third-order valence-electron chi connectivity index (χ3n) is 2.46. The summed E-state index contributed by atoms with van der Waals surface area (Å²) in [4.78, 5) is 4.13. The van der Waals surface area contributed by atoms with Crippen LogP contribution in [0.25, 0.3) is 0 Å². The maximum absolute atomic E-state index is 5.75. The number of benzene rings is 1. The van der Waals surface area contributed by atoms with Gasteiger partial charge in [-0.3, -0.25) is 0 Å². The van der Waals surface area contributed by atoms with Gasteiger partial charge in [0.15, 0.2) is 4.47 Å². The zero-order valence-corrected chi connectivity index (χ0v) is 11.4.